The van der Waals surface area contributed by atoms with Crippen LogP contribution < -0.4 is 20.3 Å². The normalized spacial score (nSPS) is 23.6. The fourth-order valence-electron chi connectivity index (χ4n) is 6.61. The molecule has 1 aromatic heterocycles. The molecule has 2 aromatic carbocycles. The van der Waals surface area contributed by atoms with E-state index < -0.39 is 0 Å². The minimum Gasteiger partial charge on any atom is -0.481 e. The van der Waals surface area contributed by atoms with E-state index in [-0.39, 0.29) is 36.6 Å². The number of carbonyl (C=O) groups is 3. The van der Waals surface area contributed by atoms with Crippen molar-refractivity contribution < 1.29 is 23.9 Å². The number of halogens is 1. The van der Waals surface area contributed by atoms with Crippen molar-refractivity contribution in [1.29, 1.82) is 0 Å². The van der Waals surface area contributed by atoms with Crippen LogP contribution >= 0.6 is 11.6 Å². The molecule has 12 heteroatoms. The summed E-state index contributed by atoms with van der Waals surface area (Å²) < 4.78 is 10.5. The number of cyclic esters (lactones) is 1. The topological polar surface area (TPSA) is 119 Å². The molecule has 5 aliphatic heterocycles. The zero-order valence-electron chi connectivity index (χ0n) is 26.0. The first-order valence-corrected chi connectivity index (χ1v) is 16.0. The Labute approximate surface area is 268 Å². The summed E-state index contributed by atoms with van der Waals surface area (Å²) >= 11 is 6.16. The number of H-pyrrole nitrogens is 1. The van der Waals surface area contributed by atoms with Gasteiger partial charge in [-0.2, -0.15) is 0 Å². The van der Waals surface area contributed by atoms with Crippen LogP contribution in [0.1, 0.15) is 34.3 Å². The Bertz CT molecular complexity index is 1580. The molecular weight excluding hydrogens is 596 g/mol. The molecule has 4 saturated heterocycles. The van der Waals surface area contributed by atoms with E-state index in [1.165, 1.54) is 26.9 Å². The van der Waals surface area contributed by atoms with Crippen molar-refractivity contribution in [2.45, 2.75) is 37.8 Å². The van der Waals surface area contributed by atoms with Crippen LogP contribution in [-0.4, -0.2) is 105 Å². The molecule has 5 aliphatic rings. The number of benzene rings is 2. The SMILES string of the molecule is CN(C)CCc1c[nH]c2ccc(C[C@H]3COC(=O)N3)cc12.CN1C(=O)COc2c(C(=O)NC3CN4CCC3CC4)cc(Cl)cc21. The van der Waals surface area contributed by atoms with Crippen LogP contribution in [0.15, 0.2) is 36.5 Å². The maximum atomic E-state index is 12.8. The third-order valence-electron chi connectivity index (χ3n) is 9.21. The summed E-state index contributed by atoms with van der Waals surface area (Å²) in [6, 6.07) is 9.96. The summed E-state index contributed by atoms with van der Waals surface area (Å²) in [6.45, 7) is 4.57. The number of carbonyl (C=O) groups excluding carboxylic acids is 3. The molecule has 240 valence electrons. The molecule has 2 bridgehead atoms. The molecule has 0 spiro atoms. The molecule has 0 aliphatic carbocycles. The molecule has 45 heavy (non-hydrogen) atoms. The molecule has 8 rings (SSSR count). The zero-order chi connectivity index (χ0) is 31.7. The lowest BCUT2D eigenvalue weighted by atomic mass is 9.84. The zero-order valence-corrected chi connectivity index (χ0v) is 26.8. The van der Waals surface area contributed by atoms with Gasteiger partial charge in [-0.05, 0) is 94.2 Å². The van der Waals surface area contributed by atoms with Crippen LogP contribution in [-0.2, 0) is 22.4 Å². The van der Waals surface area contributed by atoms with E-state index in [9.17, 15) is 14.4 Å². The summed E-state index contributed by atoms with van der Waals surface area (Å²) in [5.41, 5.74) is 4.67. The summed E-state index contributed by atoms with van der Waals surface area (Å²) in [4.78, 5) is 45.1. The number of fused-ring (bicyclic) bond motifs is 5. The highest BCUT2D eigenvalue weighted by Crippen LogP contribution is 2.38. The van der Waals surface area contributed by atoms with Crippen LogP contribution in [0.3, 0.4) is 0 Å². The maximum Gasteiger partial charge on any atom is 0.407 e. The van der Waals surface area contributed by atoms with Crippen molar-refractivity contribution >= 4 is 46.1 Å². The maximum absolute atomic E-state index is 12.8. The van der Waals surface area contributed by atoms with Gasteiger partial charge < -0.3 is 39.8 Å². The van der Waals surface area contributed by atoms with E-state index in [4.69, 9.17) is 21.1 Å². The lowest BCUT2D eigenvalue weighted by Gasteiger charge is -2.45. The van der Waals surface area contributed by atoms with Gasteiger partial charge in [0.15, 0.2) is 12.4 Å². The number of nitrogens with zero attached hydrogens (tertiary/aromatic N) is 3. The van der Waals surface area contributed by atoms with Crippen molar-refractivity contribution in [1.82, 2.24) is 25.4 Å². The van der Waals surface area contributed by atoms with Gasteiger partial charge in [-0.15, -0.1) is 0 Å². The molecule has 0 saturated carbocycles. The minimum atomic E-state index is -0.311. The standard InChI is InChI=1S/C17H20ClN3O3.C16H21N3O2/c1-20-14-7-11(18)6-12(16(14)24-9-15(20)22)17(23)19-13-8-21-4-2-10(13)3-5-21;1-19(2)6-5-12-9-17-15-4-3-11(8-14(12)15)7-13-10-21-16(20)18-13/h6-7,10,13H,2-5,8-9H2,1H3,(H,19,23);3-4,8-9,13,17H,5-7,10H2,1-2H3,(H,18,20)/t;13-/m.0/s1. The first kappa shape index (κ1) is 31.2. The van der Waals surface area contributed by atoms with Gasteiger partial charge in [-0.25, -0.2) is 4.79 Å². The molecule has 3 N–H and O–H groups in total. The van der Waals surface area contributed by atoms with E-state index in [0.29, 0.717) is 34.5 Å². The first-order chi connectivity index (χ1) is 21.6. The highest BCUT2D eigenvalue weighted by atomic mass is 35.5. The first-order valence-electron chi connectivity index (χ1n) is 15.6. The van der Waals surface area contributed by atoms with Crippen LogP contribution in [0.2, 0.25) is 5.02 Å². The number of hydrogen-bond acceptors (Lipinski definition) is 7. The van der Waals surface area contributed by atoms with E-state index in [1.807, 2.05) is 0 Å². The van der Waals surface area contributed by atoms with Gasteiger partial charge in [-0.3, -0.25) is 9.59 Å². The van der Waals surface area contributed by atoms with Gasteiger partial charge in [0.05, 0.1) is 17.3 Å². The van der Waals surface area contributed by atoms with Crippen LogP contribution in [0.25, 0.3) is 10.9 Å². The quantitative estimate of drug-likeness (QED) is 0.364. The van der Waals surface area contributed by atoms with Gasteiger partial charge in [0.1, 0.15) is 6.61 Å². The van der Waals surface area contributed by atoms with E-state index >= 15 is 0 Å². The fraction of sp³-hybridized carbons (Fsp3) is 0.485. The van der Waals surface area contributed by atoms with E-state index in [2.05, 4.69) is 63.9 Å². The van der Waals surface area contributed by atoms with Gasteiger partial charge in [0.2, 0.25) is 0 Å². The lowest BCUT2D eigenvalue weighted by molar-refractivity contribution is -0.121. The van der Waals surface area contributed by atoms with Crippen molar-refractivity contribution in [3.8, 4) is 5.75 Å². The molecule has 2 atom stereocenters. The smallest absolute Gasteiger partial charge is 0.407 e. The monoisotopic (exact) mass is 636 g/mol. The Morgan fingerprint density at radius 3 is 2.62 bits per heavy atom. The number of amides is 3. The highest BCUT2D eigenvalue weighted by molar-refractivity contribution is 6.31. The number of piperidine rings is 3. The van der Waals surface area contributed by atoms with Crippen LogP contribution in [0.4, 0.5) is 10.5 Å². The van der Waals surface area contributed by atoms with Crippen molar-refractivity contribution in [3.63, 3.8) is 0 Å². The Morgan fingerprint density at radius 1 is 1.13 bits per heavy atom. The van der Waals surface area contributed by atoms with Crippen molar-refractivity contribution in [3.05, 3.63) is 58.2 Å². The van der Waals surface area contributed by atoms with Gasteiger partial charge in [0, 0.05) is 48.3 Å². The Balaban J connectivity index is 0.000000160. The van der Waals surface area contributed by atoms with Gasteiger partial charge in [0.25, 0.3) is 11.8 Å². The molecular formula is C33H41ClN6O5. The van der Waals surface area contributed by atoms with Gasteiger partial charge in [-0.1, -0.05) is 17.7 Å². The molecule has 6 heterocycles. The summed E-state index contributed by atoms with van der Waals surface area (Å²) in [5, 5.41) is 7.66. The second kappa shape index (κ2) is 13.3. The number of anilines is 1. The number of aromatic amines is 1. The fourth-order valence-corrected chi connectivity index (χ4v) is 6.83. The largest absolute Gasteiger partial charge is 0.481 e. The summed E-state index contributed by atoms with van der Waals surface area (Å²) in [6.07, 6.45) is 5.88. The van der Waals surface area contributed by atoms with Crippen LogP contribution in [0.5, 0.6) is 5.75 Å². The van der Waals surface area contributed by atoms with Gasteiger partial charge >= 0.3 is 6.09 Å². The summed E-state index contributed by atoms with van der Waals surface area (Å²) in [5.74, 6) is 0.628. The Kier molecular flexibility index (Phi) is 9.21. The number of ether oxygens (including phenoxy) is 2. The highest BCUT2D eigenvalue weighted by Gasteiger charge is 2.36. The number of likely N-dealkylation sites (N-methyl/N-ethyl adjacent to an activating group) is 2. The number of rotatable bonds is 7. The van der Waals surface area contributed by atoms with Crippen LogP contribution in [0, 0.1) is 5.92 Å². The Morgan fingerprint density at radius 2 is 1.93 bits per heavy atom. The third kappa shape index (κ3) is 7.05. The molecule has 3 amide bonds. The predicted molar refractivity (Wildman–Crippen MR) is 173 cm³/mol. The lowest BCUT2D eigenvalue weighted by Crippen LogP contribution is -2.57. The Hall–Kier alpha value is -3.80. The molecule has 3 aromatic rings. The average molecular weight is 637 g/mol. The number of nitrogens with one attached hydrogen (secondary N) is 3. The molecule has 11 nitrogen and oxygen atoms in total. The number of aromatic nitrogens is 1. The molecule has 0 radical (unpaired) electrons. The van der Waals surface area contributed by atoms with Crippen molar-refractivity contribution in [2.75, 3.05) is 65.4 Å². The third-order valence-corrected chi connectivity index (χ3v) is 9.42. The second-order valence-corrected chi connectivity index (χ2v) is 13.1. The molecule has 4 fully saturated rings. The predicted octanol–water partition coefficient (Wildman–Crippen LogP) is 3.44. The molecule has 1 unspecified atom stereocenters. The van der Waals surface area contributed by atoms with Crippen molar-refractivity contribution in [2.24, 2.45) is 5.92 Å². The number of alkyl carbamates (subject to hydrolysis) is 1. The van der Waals surface area contributed by atoms with E-state index in [0.717, 1.165) is 51.9 Å². The summed E-state index contributed by atoms with van der Waals surface area (Å²) in [7, 11) is 5.83. The van der Waals surface area contributed by atoms with E-state index in [1.54, 1.807) is 19.2 Å². The second-order valence-electron chi connectivity index (χ2n) is 12.7. The number of hydrogen-bond donors (Lipinski definition) is 3. The minimum absolute atomic E-state index is 0.0642. The average Bonchev–Trinajstić information content (AvgIpc) is 3.63.